The number of aromatic amines is 1. The van der Waals surface area contributed by atoms with Crippen LogP contribution in [0.1, 0.15) is 5.56 Å². The van der Waals surface area contributed by atoms with Crippen molar-refractivity contribution < 1.29 is 0 Å². The highest BCUT2D eigenvalue weighted by Gasteiger charge is 2.07. The quantitative estimate of drug-likeness (QED) is 0.673. The van der Waals surface area contributed by atoms with Gasteiger partial charge in [-0.05, 0) is 29.9 Å². The lowest BCUT2D eigenvalue weighted by atomic mass is 10.2. The Balaban J connectivity index is 2.51. The number of rotatable bonds is 2. The maximum absolute atomic E-state index is 11.3. The van der Waals surface area contributed by atoms with E-state index in [0.717, 1.165) is 5.56 Å². The molecule has 0 atom stereocenters. The van der Waals surface area contributed by atoms with Crippen LogP contribution in [0, 0.1) is 4.77 Å². The second kappa shape index (κ2) is 4.38. The summed E-state index contributed by atoms with van der Waals surface area (Å²) in [5.41, 5.74) is 11.8. The predicted molar refractivity (Wildman–Crippen MR) is 68.1 cm³/mol. The van der Waals surface area contributed by atoms with Crippen LogP contribution in [0.2, 0.25) is 0 Å². The number of hydrogen-bond acceptors (Lipinski definition) is 5. The molecule has 7 heteroatoms. The molecule has 2 heterocycles. The Labute approximate surface area is 102 Å². The highest BCUT2D eigenvalue weighted by Crippen LogP contribution is 2.11. The van der Waals surface area contributed by atoms with Crippen LogP contribution in [0.15, 0.2) is 29.3 Å². The van der Waals surface area contributed by atoms with E-state index in [1.807, 2.05) is 12.1 Å². The lowest BCUT2D eigenvalue weighted by Crippen LogP contribution is -2.21. The fraction of sp³-hybridized carbons (Fsp3) is 0.100. The number of nitrogens with one attached hydrogen (secondary N) is 1. The van der Waals surface area contributed by atoms with Gasteiger partial charge in [-0.15, -0.1) is 0 Å². The first kappa shape index (κ1) is 11.3. The number of aromatic nitrogens is 3. The first-order valence-corrected chi connectivity index (χ1v) is 5.27. The minimum Gasteiger partial charge on any atom is -0.391 e. The Bertz CT molecular complexity index is 646. The summed E-state index contributed by atoms with van der Waals surface area (Å²) in [6, 6.07) is 3.67. The van der Waals surface area contributed by atoms with Crippen molar-refractivity contribution in [2.24, 2.45) is 0 Å². The number of hydrogen-bond donors (Lipinski definition) is 3. The van der Waals surface area contributed by atoms with E-state index >= 15 is 0 Å². The summed E-state index contributed by atoms with van der Waals surface area (Å²) in [6.45, 7) is 0.439. The molecule has 5 N–H and O–H groups in total. The third kappa shape index (κ3) is 2.18. The largest absolute Gasteiger partial charge is 0.391 e. The monoisotopic (exact) mass is 249 g/mol. The van der Waals surface area contributed by atoms with Crippen LogP contribution in [-0.4, -0.2) is 14.5 Å². The highest BCUT2D eigenvalue weighted by molar-refractivity contribution is 7.71. The molecular formula is C10H11N5OS. The fourth-order valence-electron chi connectivity index (χ4n) is 1.43. The zero-order chi connectivity index (χ0) is 12.4. The molecule has 0 bridgehead atoms. The van der Waals surface area contributed by atoms with Gasteiger partial charge in [-0.1, -0.05) is 0 Å². The predicted octanol–water partition coefficient (Wildman–Crippen LogP) is 0.514. The third-order valence-corrected chi connectivity index (χ3v) is 2.69. The molecule has 17 heavy (non-hydrogen) atoms. The smallest absolute Gasteiger partial charge is 0.277 e. The molecule has 0 aliphatic heterocycles. The molecule has 0 aliphatic rings. The highest BCUT2D eigenvalue weighted by atomic mass is 32.1. The summed E-state index contributed by atoms with van der Waals surface area (Å²) in [4.78, 5) is 17.7. The molecule has 0 aliphatic carbocycles. The minimum atomic E-state index is -0.460. The molecule has 0 unspecified atom stereocenters. The molecule has 2 aromatic rings. The van der Waals surface area contributed by atoms with Crippen molar-refractivity contribution in [3.05, 3.63) is 45.2 Å². The summed E-state index contributed by atoms with van der Waals surface area (Å²) >= 11 is 5.04. The second-order valence-corrected chi connectivity index (χ2v) is 3.89. The van der Waals surface area contributed by atoms with E-state index in [4.69, 9.17) is 23.7 Å². The Morgan fingerprint density at radius 3 is 2.65 bits per heavy atom. The number of nitrogens with two attached hydrogens (primary N) is 2. The minimum absolute atomic E-state index is 0.0207. The van der Waals surface area contributed by atoms with Gasteiger partial charge in [0, 0.05) is 12.4 Å². The Morgan fingerprint density at radius 1 is 1.35 bits per heavy atom. The number of pyridine rings is 1. The van der Waals surface area contributed by atoms with Crippen LogP contribution in [0.5, 0.6) is 0 Å². The molecule has 6 nitrogen and oxygen atoms in total. The normalized spacial score (nSPS) is 10.4. The van der Waals surface area contributed by atoms with Gasteiger partial charge < -0.3 is 11.5 Å². The van der Waals surface area contributed by atoms with Crippen molar-refractivity contribution in [1.29, 1.82) is 0 Å². The zero-order valence-electron chi connectivity index (χ0n) is 8.88. The van der Waals surface area contributed by atoms with E-state index < -0.39 is 5.56 Å². The molecule has 0 spiro atoms. The molecule has 88 valence electrons. The maximum atomic E-state index is 11.3. The van der Waals surface area contributed by atoms with E-state index in [0.29, 0.717) is 6.54 Å². The van der Waals surface area contributed by atoms with Crippen LogP contribution in [0.25, 0.3) is 0 Å². The molecule has 0 radical (unpaired) electrons. The van der Waals surface area contributed by atoms with Crippen molar-refractivity contribution in [3.8, 4) is 0 Å². The average Bonchev–Trinajstić information content (AvgIpc) is 2.33. The fourth-order valence-corrected chi connectivity index (χ4v) is 1.69. The van der Waals surface area contributed by atoms with Crippen LogP contribution in [-0.2, 0) is 6.54 Å². The van der Waals surface area contributed by atoms with E-state index in [2.05, 4.69) is 9.97 Å². The molecule has 0 fully saturated rings. The van der Waals surface area contributed by atoms with Crippen molar-refractivity contribution in [3.63, 3.8) is 0 Å². The lowest BCUT2D eigenvalue weighted by molar-refractivity contribution is 0.759. The van der Waals surface area contributed by atoms with Crippen molar-refractivity contribution >= 4 is 23.7 Å². The maximum Gasteiger partial charge on any atom is 0.277 e. The Hall–Kier alpha value is -2.15. The Kier molecular flexibility index (Phi) is 2.92. The summed E-state index contributed by atoms with van der Waals surface area (Å²) in [7, 11) is 0. The van der Waals surface area contributed by atoms with Gasteiger partial charge in [0.25, 0.3) is 5.56 Å². The number of nitrogens with zero attached hydrogens (tertiary/aromatic N) is 2. The van der Waals surface area contributed by atoms with Gasteiger partial charge in [0.1, 0.15) is 11.5 Å². The molecule has 0 aromatic carbocycles. The summed E-state index contributed by atoms with van der Waals surface area (Å²) in [5.74, 6) is 0.176. The van der Waals surface area contributed by atoms with Gasteiger partial charge in [0.2, 0.25) is 0 Å². The molecule has 0 saturated carbocycles. The van der Waals surface area contributed by atoms with Gasteiger partial charge in [-0.25, -0.2) is 0 Å². The molecular weight excluding hydrogens is 238 g/mol. The first-order valence-electron chi connectivity index (χ1n) is 4.86. The third-order valence-electron chi connectivity index (χ3n) is 2.37. The van der Waals surface area contributed by atoms with E-state index in [1.54, 1.807) is 17.0 Å². The van der Waals surface area contributed by atoms with E-state index in [1.165, 1.54) is 0 Å². The van der Waals surface area contributed by atoms with Crippen molar-refractivity contribution in [1.82, 2.24) is 14.5 Å². The zero-order valence-corrected chi connectivity index (χ0v) is 9.70. The van der Waals surface area contributed by atoms with Crippen LogP contribution in [0.4, 0.5) is 11.5 Å². The molecule has 0 amide bonds. The lowest BCUT2D eigenvalue weighted by Gasteiger charge is -2.11. The van der Waals surface area contributed by atoms with Crippen LogP contribution in [0.3, 0.4) is 0 Å². The summed E-state index contributed by atoms with van der Waals surface area (Å²) in [6.07, 6.45) is 3.34. The Morgan fingerprint density at radius 2 is 2.00 bits per heavy atom. The standard InChI is InChI=1S/C10H11N5OS/c11-7-8(12)15(10(17)14-9(7)16)5-6-1-3-13-4-2-6/h1-4H,5,11-12H2,(H,14,16,17). The summed E-state index contributed by atoms with van der Waals surface area (Å²) < 4.78 is 1.82. The van der Waals surface area contributed by atoms with Gasteiger partial charge in [-0.2, -0.15) is 0 Å². The number of H-pyrrole nitrogens is 1. The van der Waals surface area contributed by atoms with E-state index in [-0.39, 0.29) is 16.3 Å². The number of nitrogen functional groups attached to an aromatic ring is 2. The molecule has 2 rings (SSSR count). The van der Waals surface area contributed by atoms with Gasteiger partial charge in [0.15, 0.2) is 4.77 Å². The summed E-state index contributed by atoms with van der Waals surface area (Å²) in [5, 5.41) is 0. The first-order chi connectivity index (χ1) is 8.09. The van der Waals surface area contributed by atoms with E-state index in [9.17, 15) is 4.79 Å². The molecule has 0 saturated heterocycles. The average molecular weight is 249 g/mol. The van der Waals surface area contributed by atoms with Crippen LogP contribution < -0.4 is 17.0 Å². The van der Waals surface area contributed by atoms with Gasteiger partial charge in [0.05, 0.1) is 6.54 Å². The van der Waals surface area contributed by atoms with Gasteiger partial charge >= 0.3 is 0 Å². The topological polar surface area (TPSA) is 103 Å². The molecule has 2 aromatic heterocycles. The van der Waals surface area contributed by atoms with Crippen molar-refractivity contribution in [2.75, 3.05) is 11.5 Å². The van der Waals surface area contributed by atoms with Gasteiger partial charge in [-0.3, -0.25) is 19.3 Å². The SMILES string of the molecule is Nc1c(N)n(Cc2ccncc2)c(=S)[nH]c1=O. The van der Waals surface area contributed by atoms with Crippen LogP contribution >= 0.6 is 12.2 Å². The second-order valence-electron chi connectivity index (χ2n) is 3.50. The number of anilines is 2. The van der Waals surface area contributed by atoms with Crippen molar-refractivity contribution in [2.45, 2.75) is 6.54 Å².